The Hall–Kier alpha value is -3.47. The summed E-state index contributed by atoms with van der Waals surface area (Å²) in [6.07, 6.45) is 1.79. The summed E-state index contributed by atoms with van der Waals surface area (Å²) in [5.74, 6) is 0.512. The minimum atomic E-state index is -0.581. The molecule has 0 spiro atoms. The summed E-state index contributed by atoms with van der Waals surface area (Å²) in [6.45, 7) is 1.85. The fourth-order valence-electron chi connectivity index (χ4n) is 3.57. The number of aromatic nitrogens is 2. The number of nitro benzene ring substituents is 1. The highest BCUT2D eigenvalue weighted by atomic mass is 79.9. The lowest BCUT2D eigenvalue weighted by Crippen LogP contribution is -2.22. The first-order chi connectivity index (χ1) is 17.7. The van der Waals surface area contributed by atoms with Crippen LogP contribution in [0, 0.1) is 10.1 Å². The summed E-state index contributed by atoms with van der Waals surface area (Å²) in [6, 6.07) is 13.0. The second kappa shape index (κ2) is 11.3. The molecule has 0 amide bonds. The molecule has 0 unspecified atom stereocenters. The largest absolute Gasteiger partial charge is 0.493 e. The van der Waals surface area contributed by atoms with Crippen LogP contribution >= 0.6 is 39.1 Å². The van der Waals surface area contributed by atoms with E-state index in [4.69, 9.17) is 32.7 Å². The van der Waals surface area contributed by atoms with Gasteiger partial charge in [0.1, 0.15) is 12.4 Å². The maximum atomic E-state index is 13.1. The van der Waals surface area contributed by atoms with E-state index in [1.54, 1.807) is 36.4 Å². The predicted octanol–water partition coefficient (Wildman–Crippen LogP) is 6.41. The van der Waals surface area contributed by atoms with Crippen molar-refractivity contribution in [2.75, 3.05) is 7.11 Å². The fourth-order valence-corrected chi connectivity index (χ4v) is 4.25. The van der Waals surface area contributed by atoms with Gasteiger partial charge in [-0.15, -0.1) is 0 Å². The quantitative estimate of drug-likeness (QED) is 0.130. The first-order valence-corrected chi connectivity index (χ1v) is 12.5. The second-order valence-corrected chi connectivity index (χ2v) is 9.50. The number of fused-ring (bicyclic) bond motifs is 1. The van der Waals surface area contributed by atoms with Crippen LogP contribution in [-0.4, -0.2) is 27.9 Å². The molecule has 37 heavy (non-hydrogen) atoms. The van der Waals surface area contributed by atoms with E-state index in [-0.39, 0.29) is 29.4 Å². The van der Waals surface area contributed by atoms with Crippen LogP contribution in [0.1, 0.15) is 23.9 Å². The summed E-state index contributed by atoms with van der Waals surface area (Å²) >= 11 is 15.4. The van der Waals surface area contributed by atoms with Crippen LogP contribution in [0.15, 0.2) is 62.9 Å². The lowest BCUT2D eigenvalue weighted by atomic mass is 10.1. The Labute approximate surface area is 229 Å². The van der Waals surface area contributed by atoms with E-state index in [9.17, 15) is 14.9 Å². The average Bonchev–Trinajstić information content (AvgIpc) is 2.88. The molecule has 0 radical (unpaired) electrons. The molecule has 0 fully saturated rings. The van der Waals surface area contributed by atoms with E-state index in [0.717, 1.165) is 4.47 Å². The van der Waals surface area contributed by atoms with Gasteiger partial charge in [-0.05, 0) is 42.0 Å². The number of halogens is 3. The molecule has 0 aliphatic carbocycles. The standard InChI is InChI=1S/C25H19BrCl2N4O5/c1-3-23-30-20-7-5-16(26)11-17(20)25(33)31(23)29-12-15-9-21(32(34)35)24(22(10-15)36-2)37-13-14-4-6-18(27)19(28)8-14/h4-12H,3,13H2,1-2H3. The van der Waals surface area contributed by atoms with Crippen LogP contribution in [0.25, 0.3) is 10.9 Å². The number of methoxy groups -OCH3 is 1. The number of nitro groups is 1. The Morgan fingerprint density at radius 3 is 2.62 bits per heavy atom. The minimum absolute atomic E-state index is 0.00486. The van der Waals surface area contributed by atoms with Gasteiger partial charge in [-0.25, -0.2) is 4.98 Å². The lowest BCUT2D eigenvalue weighted by molar-refractivity contribution is -0.386. The molecule has 0 saturated heterocycles. The SMILES string of the molecule is CCc1nc2ccc(Br)cc2c(=O)n1N=Cc1cc(OC)c(OCc2ccc(Cl)c(Cl)c2)c([N+](=O)[O-])c1. The molecule has 0 aliphatic rings. The smallest absolute Gasteiger partial charge is 0.315 e. The fraction of sp³-hybridized carbons (Fsp3) is 0.160. The van der Waals surface area contributed by atoms with E-state index in [0.29, 0.717) is 44.3 Å². The first-order valence-electron chi connectivity index (χ1n) is 10.9. The van der Waals surface area contributed by atoms with Gasteiger partial charge in [0.2, 0.25) is 5.75 Å². The van der Waals surface area contributed by atoms with E-state index in [1.807, 2.05) is 6.92 Å². The molecule has 1 heterocycles. The third-order valence-electron chi connectivity index (χ3n) is 5.36. The molecule has 4 aromatic rings. The number of hydrogen-bond acceptors (Lipinski definition) is 7. The molecule has 12 heteroatoms. The van der Waals surface area contributed by atoms with Gasteiger partial charge in [-0.3, -0.25) is 14.9 Å². The molecule has 0 N–H and O–H groups in total. The topological polar surface area (TPSA) is 109 Å². The van der Waals surface area contributed by atoms with Crippen LogP contribution < -0.4 is 15.0 Å². The van der Waals surface area contributed by atoms with Crippen molar-refractivity contribution in [3.05, 3.63) is 100 Å². The van der Waals surface area contributed by atoms with Gasteiger partial charge in [0.15, 0.2) is 5.75 Å². The lowest BCUT2D eigenvalue weighted by Gasteiger charge is -2.12. The maximum Gasteiger partial charge on any atom is 0.315 e. The summed E-state index contributed by atoms with van der Waals surface area (Å²) in [7, 11) is 1.37. The molecular formula is C25H19BrCl2N4O5. The number of hydrogen-bond donors (Lipinski definition) is 0. The Bertz CT molecular complexity index is 1610. The van der Waals surface area contributed by atoms with Crippen LogP contribution in [0.3, 0.4) is 0 Å². The average molecular weight is 606 g/mol. The van der Waals surface area contributed by atoms with Crippen molar-refractivity contribution < 1.29 is 14.4 Å². The Morgan fingerprint density at radius 1 is 1.16 bits per heavy atom. The number of nitrogens with zero attached hydrogens (tertiary/aromatic N) is 4. The zero-order valence-electron chi connectivity index (χ0n) is 19.6. The Morgan fingerprint density at radius 2 is 1.95 bits per heavy atom. The van der Waals surface area contributed by atoms with E-state index in [1.165, 1.54) is 30.1 Å². The summed E-state index contributed by atoms with van der Waals surface area (Å²) in [5.41, 5.74) is 0.858. The maximum absolute atomic E-state index is 13.1. The first kappa shape index (κ1) is 26.6. The van der Waals surface area contributed by atoms with Gasteiger partial charge >= 0.3 is 5.69 Å². The van der Waals surface area contributed by atoms with Gasteiger partial charge in [-0.1, -0.05) is 52.1 Å². The molecule has 3 aromatic carbocycles. The highest BCUT2D eigenvalue weighted by Crippen LogP contribution is 2.38. The Kier molecular flexibility index (Phi) is 8.11. The van der Waals surface area contributed by atoms with Crippen LogP contribution in [-0.2, 0) is 13.0 Å². The molecule has 9 nitrogen and oxygen atoms in total. The van der Waals surface area contributed by atoms with Crippen molar-refractivity contribution in [3.63, 3.8) is 0 Å². The number of ether oxygens (including phenoxy) is 2. The summed E-state index contributed by atoms with van der Waals surface area (Å²) < 4.78 is 13.0. The van der Waals surface area contributed by atoms with Crippen molar-refractivity contribution in [3.8, 4) is 11.5 Å². The van der Waals surface area contributed by atoms with Crippen molar-refractivity contribution in [2.24, 2.45) is 5.10 Å². The van der Waals surface area contributed by atoms with E-state index >= 15 is 0 Å². The van der Waals surface area contributed by atoms with E-state index < -0.39 is 4.92 Å². The highest BCUT2D eigenvalue weighted by molar-refractivity contribution is 9.10. The van der Waals surface area contributed by atoms with Gasteiger partial charge in [0.05, 0.1) is 39.2 Å². The minimum Gasteiger partial charge on any atom is -0.493 e. The molecule has 0 bridgehead atoms. The van der Waals surface area contributed by atoms with Gasteiger partial charge in [-0.2, -0.15) is 9.78 Å². The molecule has 4 rings (SSSR count). The highest BCUT2D eigenvalue weighted by Gasteiger charge is 2.22. The van der Waals surface area contributed by atoms with Crippen LogP contribution in [0.4, 0.5) is 5.69 Å². The molecule has 0 saturated carbocycles. The van der Waals surface area contributed by atoms with Crippen molar-refractivity contribution in [1.29, 1.82) is 0 Å². The van der Waals surface area contributed by atoms with Crippen molar-refractivity contribution in [1.82, 2.24) is 9.66 Å². The zero-order valence-corrected chi connectivity index (χ0v) is 22.7. The molecule has 1 aromatic heterocycles. The van der Waals surface area contributed by atoms with Gasteiger partial charge in [0.25, 0.3) is 5.56 Å². The zero-order chi connectivity index (χ0) is 26.7. The monoisotopic (exact) mass is 604 g/mol. The van der Waals surface area contributed by atoms with Crippen LogP contribution in [0.5, 0.6) is 11.5 Å². The van der Waals surface area contributed by atoms with Crippen LogP contribution in [0.2, 0.25) is 10.0 Å². The van der Waals surface area contributed by atoms with Crippen molar-refractivity contribution >= 4 is 61.9 Å². The number of benzene rings is 3. The molecule has 190 valence electrons. The van der Waals surface area contributed by atoms with Crippen molar-refractivity contribution in [2.45, 2.75) is 20.0 Å². The third kappa shape index (κ3) is 5.76. The summed E-state index contributed by atoms with van der Waals surface area (Å²) in [4.78, 5) is 28.9. The number of rotatable bonds is 8. The van der Waals surface area contributed by atoms with Gasteiger partial charge < -0.3 is 9.47 Å². The van der Waals surface area contributed by atoms with Gasteiger partial charge in [0, 0.05) is 22.5 Å². The van der Waals surface area contributed by atoms with E-state index in [2.05, 4.69) is 26.0 Å². The summed E-state index contributed by atoms with van der Waals surface area (Å²) in [5, 5.41) is 17.3. The third-order valence-corrected chi connectivity index (χ3v) is 6.59. The second-order valence-electron chi connectivity index (χ2n) is 7.77. The molecular weight excluding hydrogens is 587 g/mol. The normalized spacial score (nSPS) is 11.3. The Balaban J connectivity index is 1.72. The number of aryl methyl sites for hydroxylation is 1. The molecule has 0 atom stereocenters. The molecule has 0 aliphatic heterocycles. The predicted molar refractivity (Wildman–Crippen MR) is 147 cm³/mol.